The first kappa shape index (κ1) is 15.0. The highest BCUT2D eigenvalue weighted by Crippen LogP contribution is 2.25. The van der Waals surface area contributed by atoms with Gasteiger partial charge in [0.1, 0.15) is 11.1 Å². The summed E-state index contributed by atoms with van der Waals surface area (Å²) in [6.07, 6.45) is 0. The monoisotopic (exact) mass is 338 g/mol. The lowest BCUT2D eigenvalue weighted by atomic mass is 10.0. The molecular weight excluding hydrogens is 324 g/mol. The van der Waals surface area contributed by atoms with Gasteiger partial charge in [-0.05, 0) is 22.9 Å². The number of rotatable bonds is 3. The molecule has 0 aliphatic carbocycles. The van der Waals surface area contributed by atoms with Crippen LogP contribution in [0.25, 0.3) is 21.7 Å². The zero-order valence-corrected chi connectivity index (χ0v) is 13.6. The van der Waals surface area contributed by atoms with Gasteiger partial charge in [0.05, 0.1) is 6.54 Å². The van der Waals surface area contributed by atoms with E-state index in [9.17, 15) is 9.59 Å². The lowest BCUT2D eigenvalue weighted by Gasteiger charge is -2.15. The van der Waals surface area contributed by atoms with Crippen molar-refractivity contribution in [3.8, 4) is 0 Å². The molecule has 1 aromatic heterocycles. The van der Waals surface area contributed by atoms with Crippen LogP contribution in [0.4, 0.5) is 0 Å². The Labute approximate surface area is 141 Å². The SMILES string of the molecule is N=C1SCCN1CC(=O)c1cc2c(ccc3ccccc32)oc1=O. The summed E-state index contributed by atoms with van der Waals surface area (Å²) in [5.74, 6) is 0.481. The van der Waals surface area contributed by atoms with Gasteiger partial charge in [-0.3, -0.25) is 10.2 Å². The van der Waals surface area contributed by atoms with Crippen molar-refractivity contribution in [2.75, 3.05) is 18.8 Å². The summed E-state index contributed by atoms with van der Waals surface area (Å²) in [6, 6.07) is 13.0. The number of carbonyl (C=O) groups is 1. The normalized spacial score (nSPS) is 14.7. The van der Waals surface area contributed by atoms with Crippen LogP contribution in [-0.4, -0.2) is 34.7 Å². The third-order valence-corrected chi connectivity index (χ3v) is 5.08. The van der Waals surface area contributed by atoms with Crippen LogP contribution >= 0.6 is 11.8 Å². The molecule has 1 aliphatic rings. The maximum Gasteiger partial charge on any atom is 0.347 e. The largest absolute Gasteiger partial charge is 0.422 e. The fraction of sp³-hybridized carbons (Fsp3) is 0.167. The zero-order valence-electron chi connectivity index (χ0n) is 12.7. The molecule has 1 N–H and O–H groups in total. The molecule has 0 unspecified atom stereocenters. The van der Waals surface area contributed by atoms with Crippen LogP contribution in [0.1, 0.15) is 10.4 Å². The topological polar surface area (TPSA) is 74.4 Å². The van der Waals surface area contributed by atoms with E-state index in [0.717, 1.165) is 21.9 Å². The van der Waals surface area contributed by atoms with Gasteiger partial charge in [0.15, 0.2) is 11.0 Å². The number of carbonyl (C=O) groups excluding carboxylic acids is 1. The van der Waals surface area contributed by atoms with E-state index in [1.165, 1.54) is 11.8 Å². The van der Waals surface area contributed by atoms with Gasteiger partial charge in [-0.2, -0.15) is 0 Å². The maximum atomic E-state index is 12.5. The van der Waals surface area contributed by atoms with Gasteiger partial charge in [-0.25, -0.2) is 4.79 Å². The first-order valence-corrected chi connectivity index (χ1v) is 8.57. The summed E-state index contributed by atoms with van der Waals surface area (Å²) < 4.78 is 5.36. The second-order valence-electron chi connectivity index (χ2n) is 5.64. The summed E-state index contributed by atoms with van der Waals surface area (Å²) >= 11 is 1.41. The number of amidine groups is 1. The Morgan fingerprint density at radius 1 is 1.21 bits per heavy atom. The molecule has 24 heavy (non-hydrogen) atoms. The number of hydrogen-bond donors (Lipinski definition) is 1. The molecule has 2 aromatic carbocycles. The molecule has 0 radical (unpaired) electrons. The maximum absolute atomic E-state index is 12.5. The van der Waals surface area contributed by atoms with Gasteiger partial charge in [-0.1, -0.05) is 42.1 Å². The number of nitrogens with one attached hydrogen (secondary N) is 1. The van der Waals surface area contributed by atoms with Crippen LogP contribution < -0.4 is 5.63 Å². The number of thioether (sulfide) groups is 1. The molecule has 1 saturated heterocycles. The molecule has 0 saturated carbocycles. The van der Waals surface area contributed by atoms with Gasteiger partial charge in [0.25, 0.3) is 0 Å². The standard InChI is InChI=1S/C18H14N2O3S/c19-18-20(7-8-24-18)10-15(21)14-9-13-12-4-2-1-3-11(12)5-6-16(13)23-17(14)22/h1-6,9,19H,7-8,10H2. The van der Waals surface area contributed by atoms with Crippen LogP contribution in [0.5, 0.6) is 0 Å². The van der Waals surface area contributed by atoms with E-state index in [4.69, 9.17) is 9.83 Å². The molecule has 3 aromatic rings. The number of benzene rings is 2. The van der Waals surface area contributed by atoms with Crippen molar-refractivity contribution in [2.45, 2.75) is 0 Å². The van der Waals surface area contributed by atoms with Crippen LogP contribution in [0.2, 0.25) is 0 Å². The predicted octanol–water partition coefficient (Wildman–Crippen LogP) is 3.11. The first-order valence-electron chi connectivity index (χ1n) is 7.58. The molecule has 6 heteroatoms. The fourth-order valence-electron chi connectivity index (χ4n) is 2.92. The lowest BCUT2D eigenvalue weighted by molar-refractivity contribution is 0.0963. The van der Waals surface area contributed by atoms with Crippen LogP contribution in [-0.2, 0) is 0 Å². The van der Waals surface area contributed by atoms with Crippen molar-refractivity contribution in [2.24, 2.45) is 0 Å². The highest BCUT2D eigenvalue weighted by Gasteiger charge is 2.23. The summed E-state index contributed by atoms with van der Waals surface area (Å²) in [7, 11) is 0. The van der Waals surface area contributed by atoms with E-state index in [-0.39, 0.29) is 17.9 Å². The highest BCUT2D eigenvalue weighted by atomic mass is 32.2. The number of fused-ring (bicyclic) bond motifs is 3. The number of Topliss-reactive ketones (excluding diaryl/α,β-unsaturated/α-hetero) is 1. The Morgan fingerprint density at radius 3 is 2.83 bits per heavy atom. The molecule has 0 spiro atoms. The van der Waals surface area contributed by atoms with Gasteiger partial charge < -0.3 is 9.32 Å². The Morgan fingerprint density at radius 2 is 2.04 bits per heavy atom. The lowest BCUT2D eigenvalue weighted by Crippen LogP contribution is -2.32. The van der Waals surface area contributed by atoms with E-state index in [1.807, 2.05) is 30.3 Å². The van der Waals surface area contributed by atoms with Crippen molar-refractivity contribution >= 4 is 44.5 Å². The average molecular weight is 338 g/mol. The molecule has 120 valence electrons. The fourth-order valence-corrected chi connectivity index (χ4v) is 3.76. The minimum absolute atomic E-state index is 0.0346. The Balaban J connectivity index is 1.81. The van der Waals surface area contributed by atoms with Crippen molar-refractivity contribution in [3.05, 3.63) is 58.4 Å². The van der Waals surface area contributed by atoms with Gasteiger partial charge in [0.2, 0.25) is 0 Å². The third-order valence-electron chi connectivity index (χ3n) is 4.16. The van der Waals surface area contributed by atoms with Crippen molar-refractivity contribution in [3.63, 3.8) is 0 Å². The van der Waals surface area contributed by atoms with Crippen LogP contribution in [0, 0.1) is 5.41 Å². The zero-order chi connectivity index (χ0) is 16.7. The van der Waals surface area contributed by atoms with Gasteiger partial charge in [0, 0.05) is 17.7 Å². The number of hydrogen-bond acceptors (Lipinski definition) is 5. The predicted molar refractivity (Wildman–Crippen MR) is 96.1 cm³/mol. The second-order valence-corrected chi connectivity index (χ2v) is 6.73. The second kappa shape index (κ2) is 5.79. The van der Waals surface area contributed by atoms with E-state index in [1.54, 1.807) is 17.0 Å². The van der Waals surface area contributed by atoms with Crippen LogP contribution in [0.3, 0.4) is 0 Å². The molecule has 0 bridgehead atoms. The quantitative estimate of drug-likeness (QED) is 0.451. The molecule has 2 heterocycles. The Hall–Kier alpha value is -2.60. The minimum Gasteiger partial charge on any atom is -0.422 e. The van der Waals surface area contributed by atoms with Gasteiger partial charge >= 0.3 is 5.63 Å². The third kappa shape index (κ3) is 2.49. The van der Waals surface area contributed by atoms with Crippen molar-refractivity contribution in [1.82, 2.24) is 4.90 Å². The molecular formula is C18H14N2O3S. The number of nitrogens with zero attached hydrogens (tertiary/aromatic N) is 1. The summed E-state index contributed by atoms with van der Waals surface area (Å²) in [5.41, 5.74) is -0.107. The van der Waals surface area contributed by atoms with E-state index in [0.29, 0.717) is 17.3 Å². The van der Waals surface area contributed by atoms with Crippen molar-refractivity contribution < 1.29 is 9.21 Å². The van der Waals surface area contributed by atoms with E-state index in [2.05, 4.69) is 0 Å². The Kier molecular flexibility index (Phi) is 3.61. The molecule has 4 rings (SSSR count). The van der Waals surface area contributed by atoms with E-state index < -0.39 is 5.63 Å². The van der Waals surface area contributed by atoms with E-state index >= 15 is 0 Å². The summed E-state index contributed by atoms with van der Waals surface area (Å²) in [5, 5.41) is 10.9. The van der Waals surface area contributed by atoms with Crippen LogP contribution in [0.15, 0.2) is 51.7 Å². The first-order chi connectivity index (χ1) is 11.6. The highest BCUT2D eigenvalue weighted by molar-refractivity contribution is 8.14. The smallest absolute Gasteiger partial charge is 0.347 e. The average Bonchev–Trinajstić information content (AvgIpc) is 2.98. The van der Waals surface area contributed by atoms with Gasteiger partial charge in [-0.15, -0.1) is 0 Å². The number of ketones is 1. The summed E-state index contributed by atoms with van der Waals surface area (Å²) in [4.78, 5) is 26.4. The molecule has 0 atom stereocenters. The Bertz CT molecular complexity index is 1040. The molecule has 1 fully saturated rings. The van der Waals surface area contributed by atoms with Crippen molar-refractivity contribution in [1.29, 1.82) is 5.41 Å². The summed E-state index contributed by atoms with van der Waals surface area (Å²) in [6.45, 7) is 0.684. The molecule has 5 nitrogen and oxygen atoms in total. The molecule has 0 amide bonds. The minimum atomic E-state index is -0.624. The molecule has 1 aliphatic heterocycles.